The van der Waals surface area contributed by atoms with Crippen LogP contribution < -0.4 is 5.32 Å². The van der Waals surface area contributed by atoms with Crippen molar-refractivity contribution >= 4 is 27.8 Å². The first-order valence-electron chi connectivity index (χ1n) is 6.24. The van der Waals surface area contributed by atoms with E-state index in [-0.39, 0.29) is 23.2 Å². The summed E-state index contributed by atoms with van der Waals surface area (Å²) in [5.74, 6) is -1.47. The molecule has 1 fully saturated rings. The molecule has 0 aromatic carbocycles. The summed E-state index contributed by atoms with van der Waals surface area (Å²) in [5, 5.41) is 11.1. The first-order valence-corrected chi connectivity index (χ1v) is 8.06. The minimum atomic E-state index is -3.05. The molecule has 0 aliphatic carbocycles. The van der Waals surface area contributed by atoms with Gasteiger partial charge in [0.25, 0.3) is 5.91 Å². The molecule has 21 heavy (non-hydrogen) atoms. The molecule has 0 radical (unpaired) electrons. The second-order valence-electron chi connectivity index (χ2n) is 4.72. The lowest BCUT2D eigenvalue weighted by Gasteiger charge is -2.10. The monoisotopic (exact) mass is 310 g/mol. The zero-order valence-corrected chi connectivity index (χ0v) is 11.8. The number of sulfone groups is 1. The van der Waals surface area contributed by atoms with Crippen molar-refractivity contribution in [2.45, 2.75) is 12.5 Å². The van der Waals surface area contributed by atoms with E-state index in [4.69, 9.17) is 5.11 Å². The summed E-state index contributed by atoms with van der Waals surface area (Å²) in [5.41, 5.74) is 0.712. The van der Waals surface area contributed by atoms with Gasteiger partial charge in [-0.15, -0.1) is 0 Å². The van der Waals surface area contributed by atoms with E-state index in [9.17, 15) is 18.0 Å². The van der Waals surface area contributed by atoms with Crippen molar-refractivity contribution in [3.8, 4) is 0 Å². The molecule has 1 aromatic heterocycles. The molecule has 0 saturated carbocycles. The lowest BCUT2D eigenvalue weighted by Crippen LogP contribution is -2.36. The van der Waals surface area contributed by atoms with Gasteiger partial charge in [0.1, 0.15) is 5.69 Å². The molecule has 1 atom stereocenters. The molecule has 1 aliphatic rings. The summed E-state index contributed by atoms with van der Waals surface area (Å²) >= 11 is 0. The van der Waals surface area contributed by atoms with Crippen LogP contribution >= 0.6 is 0 Å². The molecule has 1 aromatic rings. The summed E-state index contributed by atoms with van der Waals surface area (Å²) in [6, 6.07) is 2.64. The van der Waals surface area contributed by atoms with Crippen molar-refractivity contribution in [2.75, 3.05) is 11.5 Å². The maximum atomic E-state index is 11.9. The second kappa shape index (κ2) is 6.04. The third kappa shape index (κ3) is 4.38. The van der Waals surface area contributed by atoms with Gasteiger partial charge in [-0.1, -0.05) is 6.07 Å². The van der Waals surface area contributed by atoms with Crippen LogP contribution in [0.25, 0.3) is 6.08 Å². The van der Waals surface area contributed by atoms with Crippen molar-refractivity contribution in [3.05, 3.63) is 35.7 Å². The molecule has 7 nitrogen and oxygen atoms in total. The first-order chi connectivity index (χ1) is 9.85. The molecule has 2 heterocycles. The van der Waals surface area contributed by atoms with Gasteiger partial charge in [0.15, 0.2) is 9.84 Å². The average molecular weight is 310 g/mol. The average Bonchev–Trinajstić information content (AvgIpc) is 2.76. The number of amides is 1. The number of aromatic nitrogens is 1. The highest BCUT2D eigenvalue weighted by Crippen LogP contribution is 2.12. The topological polar surface area (TPSA) is 113 Å². The van der Waals surface area contributed by atoms with Crippen LogP contribution in [0.3, 0.4) is 0 Å². The third-order valence-electron chi connectivity index (χ3n) is 3.01. The smallest absolute Gasteiger partial charge is 0.328 e. The van der Waals surface area contributed by atoms with E-state index in [1.54, 1.807) is 6.07 Å². The van der Waals surface area contributed by atoms with Crippen LogP contribution in [0.2, 0.25) is 0 Å². The number of nitrogens with zero attached hydrogens (tertiary/aromatic N) is 1. The number of carboxylic acids is 1. The summed E-state index contributed by atoms with van der Waals surface area (Å²) in [6.45, 7) is 0. The van der Waals surface area contributed by atoms with Crippen LogP contribution in [-0.4, -0.2) is 47.9 Å². The number of pyridine rings is 1. The molecule has 0 spiro atoms. The molecule has 1 amide bonds. The van der Waals surface area contributed by atoms with E-state index >= 15 is 0 Å². The van der Waals surface area contributed by atoms with E-state index in [2.05, 4.69) is 10.3 Å². The summed E-state index contributed by atoms with van der Waals surface area (Å²) in [7, 11) is -3.05. The Bertz CT molecular complexity index is 679. The molecule has 2 N–H and O–H groups in total. The van der Waals surface area contributed by atoms with Crippen LogP contribution in [0.5, 0.6) is 0 Å². The quantitative estimate of drug-likeness (QED) is 0.762. The Morgan fingerprint density at radius 1 is 1.38 bits per heavy atom. The third-order valence-corrected chi connectivity index (χ3v) is 4.77. The van der Waals surface area contributed by atoms with Gasteiger partial charge in [0.2, 0.25) is 0 Å². The largest absolute Gasteiger partial charge is 0.478 e. The normalized spacial score (nSPS) is 20.5. The van der Waals surface area contributed by atoms with Gasteiger partial charge in [-0.3, -0.25) is 9.78 Å². The molecule has 2 rings (SSSR count). The number of hydrogen-bond acceptors (Lipinski definition) is 5. The van der Waals surface area contributed by atoms with Crippen LogP contribution in [0.4, 0.5) is 0 Å². The molecule has 1 saturated heterocycles. The van der Waals surface area contributed by atoms with Gasteiger partial charge in [-0.05, 0) is 24.1 Å². The number of aliphatic carboxylic acids is 1. The fourth-order valence-corrected chi connectivity index (χ4v) is 3.65. The van der Waals surface area contributed by atoms with Gasteiger partial charge in [0.05, 0.1) is 11.5 Å². The molecule has 1 unspecified atom stereocenters. The van der Waals surface area contributed by atoms with E-state index in [1.807, 2.05) is 0 Å². The van der Waals surface area contributed by atoms with E-state index in [0.717, 1.165) is 6.08 Å². The summed E-state index contributed by atoms with van der Waals surface area (Å²) in [4.78, 5) is 26.2. The molecule has 1 aliphatic heterocycles. The van der Waals surface area contributed by atoms with E-state index in [1.165, 1.54) is 18.3 Å². The minimum absolute atomic E-state index is 0.0435. The molecule has 112 valence electrons. The van der Waals surface area contributed by atoms with Crippen molar-refractivity contribution in [1.82, 2.24) is 10.3 Å². The predicted molar refractivity (Wildman–Crippen MR) is 75.4 cm³/mol. The Morgan fingerprint density at radius 3 is 2.67 bits per heavy atom. The number of nitrogens with one attached hydrogen (secondary N) is 1. The number of rotatable bonds is 4. The Balaban J connectivity index is 1.99. The lowest BCUT2D eigenvalue weighted by molar-refractivity contribution is -0.131. The van der Waals surface area contributed by atoms with E-state index in [0.29, 0.717) is 12.0 Å². The highest BCUT2D eigenvalue weighted by atomic mass is 32.2. The standard InChI is InChI=1S/C13H14N2O5S/c16-12(17)4-2-9-1-3-11(14-7-9)13(18)15-10-5-6-21(19,20)8-10/h1-4,7,10H,5-6,8H2,(H,15,18)(H,16,17). The Labute approximate surface area is 121 Å². The van der Waals surface area contributed by atoms with Crippen LogP contribution in [0, 0.1) is 0 Å². The molecular weight excluding hydrogens is 296 g/mol. The number of hydrogen-bond donors (Lipinski definition) is 2. The zero-order chi connectivity index (χ0) is 15.5. The lowest BCUT2D eigenvalue weighted by atomic mass is 10.2. The molecule has 0 bridgehead atoms. The van der Waals surface area contributed by atoms with Crippen LogP contribution in [0.15, 0.2) is 24.4 Å². The number of carbonyl (C=O) groups excluding carboxylic acids is 1. The van der Waals surface area contributed by atoms with Crippen molar-refractivity contribution in [1.29, 1.82) is 0 Å². The van der Waals surface area contributed by atoms with Crippen molar-refractivity contribution < 1.29 is 23.1 Å². The number of carbonyl (C=O) groups is 2. The second-order valence-corrected chi connectivity index (χ2v) is 6.95. The van der Waals surface area contributed by atoms with Crippen LogP contribution in [0.1, 0.15) is 22.5 Å². The molecular formula is C13H14N2O5S. The summed E-state index contributed by atoms with van der Waals surface area (Å²) < 4.78 is 22.6. The highest BCUT2D eigenvalue weighted by molar-refractivity contribution is 7.91. The fourth-order valence-electron chi connectivity index (χ4n) is 1.97. The Morgan fingerprint density at radius 2 is 2.14 bits per heavy atom. The van der Waals surface area contributed by atoms with Gasteiger partial charge < -0.3 is 10.4 Å². The van der Waals surface area contributed by atoms with Crippen LogP contribution in [-0.2, 0) is 14.6 Å². The SMILES string of the molecule is O=C(O)C=Cc1ccc(C(=O)NC2CCS(=O)(=O)C2)nc1. The highest BCUT2D eigenvalue weighted by Gasteiger charge is 2.29. The van der Waals surface area contributed by atoms with Crippen molar-refractivity contribution in [2.24, 2.45) is 0 Å². The van der Waals surface area contributed by atoms with Gasteiger partial charge in [0, 0.05) is 18.3 Å². The van der Waals surface area contributed by atoms with Crippen molar-refractivity contribution in [3.63, 3.8) is 0 Å². The molecule has 8 heteroatoms. The Hall–Kier alpha value is -2.22. The fraction of sp³-hybridized carbons (Fsp3) is 0.308. The number of carboxylic acid groups (broad SMARTS) is 1. The van der Waals surface area contributed by atoms with E-state index < -0.39 is 21.7 Å². The minimum Gasteiger partial charge on any atom is -0.478 e. The summed E-state index contributed by atoms with van der Waals surface area (Å²) in [6.07, 6.45) is 4.12. The first kappa shape index (κ1) is 15.2. The zero-order valence-electron chi connectivity index (χ0n) is 11.0. The Kier molecular flexibility index (Phi) is 4.37. The van der Waals surface area contributed by atoms with Gasteiger partial charge in [-0.25, -0.2) is 13.2 Å². The van der Waals surface area contributed by atoms with Gasteiger partial charge in [-0.2, -0.15) is 0 Å². The van der Waals surface area contributed by atoms with Gasteiger partial charge >= 0.3 is 5.97 Å². The maximum Gasteiger partial charge on any atom is 0.328 e. The maximum absolute atomic E-state index is 11.9. The predicted octanol–water partition coefficient (Wildman–Crippen LogP) is 0.0963.